The van der Waals surface area contributed by atoms with Crippen molar-refractivity contribution in [3.05, 3.63) is 60.2 Å². The molecule has 7 heteroatoms. The van der Waals surface area contributed by atoms with Crippen LogP contribution in [0.3, 0.4) is 0 Å². The predicted molar refractivity (Wildman–Crippen MR) is 125 cm³/mol. The first kappa shape index (κ1) is 22.9. The fraction of sp³-hybridized carbons (Fsp3) is 0.375. The molecule has 1 heterocycles. The Labute approximate surface area is 188 Å². The maximum absolute atomic E-state index is 12.7. The quantitative estimate of drug-likeness (QED) is 0.469. The van der Waals surface area contributed by atoms with Crippen molar-refractivity contribution in [2.75, 3.05) is 7.11 Å². The monoisotopic (exact) mass is 438 g/mol. The highest BCUT2D eigenvalue weighted by Crippen LogP contribution is 2.32. The second kappa shape index (κ2) is 11.0. The second-order valence-corrected chi connectivity index (χ2v) is 8.75. The molecule has 0 spiro atoms. The summed E-state index contributed by atoms with van der Waals surface area (Å²) in [5.74, 6) is 1.50. The van der Waals surface area contributed by atoms with Crippen LogP contribution in [0.1, 0.15) is 32.8 Å². The zero-order valence-electron chi connectivity index (χ0n) is 18.5. The highest BCUT2D eigenvalue weighted by Gasteiger charge is 2.22. The maximum atomic E-state index is 12.7. The molecule has 2 unspecified atom stereocenters. The molecule has 0 saturated carbocycles. The number of ether oxygens (including phenoxy) is 1. The summed E-state index contributed by atoms with van der Waals surface area (Å²) in [7, 11) is 1.65. The Morgan fingerprint density at radius 2 is 1.81 bits per heavy atom. The Morgan fingerprint density at radius 1 is 1.10 bits per heavy atom. The van der Waals surface area contributed by atoms with E-state index in [-0.39, 0.29) is 17.2 Å². The van der Waals surface area contributed by atoms with Gasteiger partial charge < -0.3 is 14.6 Å². The van der Waals surface area contributed by atoms with Crippen LogP contribution in [-0.2, 0) is 17.8 Å². The number of methoxy groups -OCH3 is 1. The minimum atomic E-state index is -0.279. The molecule has 6 nitrogen and oxygen atoms in total. The van der Waals surface area contributed by atoms with Crippen molar-refractivity contribution < 1.29 is 9.53 Å². The van der Waals surface area contributed by atoms with Crippen molar-refractivity contribution in [2.24, 2.45) is 0 Å². The number of para-hydroxylation sites is 1. The molecular weight excluding hydrogens is 408 g/mol. The number of carbonyl (C=O) groups excluding carboxylic acids is 1. The summed E-state index contributed by atoms with van der Waals surface area (Å²) < 4.78 is 7.49. The summed E-state index contributed by atoms with van der Waals surface area (Å²) in [6.07, 6.45) is 1.84. The standard InChI is InChI=1S/C24H30N4O2S/c1-5-28-22(20-13-9-10-14-21(20)30-4)26-27-24(28)31-18(3)23(29)25-17(2)15-16-19-11-7-6-8-12-19/h6-14,17-18H,5,15-16H2,1-4H3,(H,25,29). The average Bonchev–Trinajstić information content (AvgIpc) is 3.20. The summed E-state index contributed by atoms with van der Waals surface area (Å²) in [6.45, 7) is 6.70. The third-order valence-corrected chi connectivity index (χ3v) is 6.21. The van der Waals surface area contributed by atoms with Gasteiger partial charge in [-0.15, -0.1) is 10.2 Å². The number of aromatic nitrogens is 3. The fourth-order valence-electron chi connectivity index (χ4n) is 3.36. The number of benzene rings is 2. The van der Waals surface area contributed by atoms with Crippen LogP contribution >= 0.6 is 11.8 Å². The number of aryl methyl sites for hydroxylation is 1. The summed E-state index contributed by atoms with van der Waals surface area (Å²) >= 11 is 1.42. The zero-order valence-corrected chi connectivity index (χ0v) is 19.4. The molecule has 31 heavy (non-hydrogen) atoms. The summed E-state index contributed by atoms with van der Waals surface area (Å²) in [4.78, 5) is 12.7. The second-order valence-electron chi connectivity index (χ2n) is 7.44. The Morgan fingerprint density at radius 3 is 2.52 bits per heavy atom. The minimum Gasteiger partial charge on any atom is -0.496 e. The topological polar surface area (TPSA) is 69.0 Å². The van der Waals surface area contributed by atoms with Crippen molar-refractivity contribution in [3.8, 4) is 17.1 Å². The van der Waals surface area contributed by atoms with Gasteiger partial charge in [0.15, 0.2) is 11.0 Å². The normalized spacial score (nSPS) is 12.9. The molecule has 1 aromatic heterocycles. The Hall–Kier alpha value is -2.80. The number of rotatable bonds is 10. The van der Waals surface area contributed by atoms with Gasteiger partial charge in [-0.3, -0.25) is 4.79 Å². The van der Waals surface area contributed by atoms with E-state index in [9.17, 15) is 4.79 Å². The van der Waals surface area contributed by atoms with Crippen molar-refractivity contribution in [3.63, 3.8) is 0 Å². The SMILES string of the molecule is CCn1c(SC(C)C(=O)NC(C)CCc2ccccc2)nnc1-c1ccccc1OC. The molecule has 3 rings (SSSR count). The molecule has 164 valence electrons. The van der Waals surface area contributed by atoms with E-state index in [1.165, 1.54) is 17.3 Å². The number of nitrogens with zero attached hydrogens (tertiary/aromatic N) is 3. The minimum absolute atomic E-state index is 0.00931. The van der Waals surface area contributed by atoms with Gasteiger partial charge in [-0.05, 0) is 51.3 Å². The molecule has 0 aliphatic rings. The number of hydrogen-bond donors (Lipinski definition) is 1. The van der Waals surface area contributed by atoms with Crippen LogP contribution in [0, 0.1) is 0 Å². The molecule has 3 aromatic rings. The average molecular weight is 439 g/mol. The van der Waals surface area contributed by atoms with Crippen LogP contribution in [0.4, 0.5) is 0 Å². The first-order valence-corrected chi connectivity index (χ1v) is 11.5. The third-order valence-electron chi connectivity index (χ3n) is 5.13. The fourth-order valence-corrected chi connectivity index (χ4v) is 4.28. The molecule has 0 aliphatic carbocycles. The van der Waals surface area contributed by atoms with Gasteiger partial charge in [-0.25, -0.2) is 0 Å². The van der Waals surface area contributed by atoms with Crippen LogP contribution in [0.5, 0.6) is 5.75 Å². The summed E-state index contributed by atoms with van der Waals surface area (Å²) in [5, 5.41) is 12.3. The van der Waals surface area contributed by atoms with E-state index in [0.717, 1.165) is 35.1 Å². The number of thioether (sulfide) groups is 1. The lowest BCUT2D eigenvalue weighted by Crippen LogP contribution is -2.38. The van der Waals surface area contributed by atoms with Crippen LogP contribution in [0.25, 0.3) is 11.4 Å². The van der Waals surface area contributed by atoms with Crippen molar-refractivity contribution in [1.29, 1.82) is 0 Å². The Kier molecular flexibility index (Phi) is 8.12. The van der Waals surface area contributed by atoms with Crippen LogP contribution < -0.4 is 10.1 Å². The van der Waals surface area contributed by atoms with Gasteiger partial charge in [0.2, 0.25) is 5.91 Å². The molecule has 2 aromatic carbocycles. The molecular formula is C24H30N4O2S. The molecule has 0 aliphatic heterocycles. The molecule has 1 N–H and O–H groups in total. The molecule has 0 saturated heterocycles. The number of carbonyl (C=O) groups is 1. The van der Waals surface area contributed by atoms with Crippen LogP contribution in [0.15, 0.2) is 59.8 Å². The van der Waals surface area contributed by atoms with Crippen LogP contribution in [-0.4, -0.2) is 39.1 Å². The van der Waals surface area contributed by atoms with E-state index in [1.54, 1.807) is 7.11 Å². The van der Waals surface area contributed by atoms with E-state index in [0.29, 0.717) is 6.54 Å². The smallest absolute Gasteiger partial charge is 0.233 e. The van der Waals surface area contributed by atoms with Crippen LogP contribution in [0.2, 0.25) is 0 Å². The summed E-state index contributed by atoms with van der Waals surface area (Å²) in [6, 6.07) is 18.2. The lowest BCUT2D eigenvalue weighted by Gasteiger charge is -2.17. The Bertz CT molecular complexity index is 990. The van der Waals surface area contributed by atoms with Gasteiger partial charge in [-0.2, -0.15) is 0 Å². The van der Waals surface area contributed by atoms with Gasteiger partial charge >= 0.3 is 0 Å². The van der Waals surface area contributed by atoms with E-state index in [1.807, 2.05) is 67.8 Å². The van der Waals surface area contributed by atoms with Gasteiger partial charge in [0, 0.05) is 12.6 Å². The number of nitrogens with one attached hydrogen (secondary N) is 1. The van der Waals surface area contributed by atoms with E-state index < -0.39 is 0 Å². The lowest BCUT2D eigenvalue weighted by atomic mass is 10.1. The molecule has 0 bridgehead atoms. The van der Waals surface area contributed by atoms with Crippen molar-refractivity contribution in [2.45, 2.75) is 56.6 Å². The van der Waals surface area contributed by atoms with Crippen molar-refractivity contribution >= 4 is 17.7 Å². The number of amides is 1. The van der Waals surface area contributed by atoms with E-state index >= 15 is 0 Å². The first-order valence-electron chi connectivity index (χ1n) is 10.6. The lowest BCUT2D eigenvalue weighted by molar-refractivity contribution is -0.120. The molecule has 0 fully saturated rings. The van der Waals surface area contributed by atoms with Gasteiger partial charge in [0.25, 0.3) is 0 Å². The molecule has 1 amide bonds. The number of hydrogen-bond acceptors (Lipinski definition) is 5. The Balaban J connectivity index is 1.62. The summed E-state index contributed by atoms with van der Waals surface area (Å²) in [5.41, 5.74) is 2.17. The highest BCUT2D eigenvalue weighted by atomic mass is 32.2. The van der Waals surface area contributed by atoms with E-state index in [4.69, 9.17) is 4.74 Å². The van der Waals surface area contributed by atoms with Gasteiger partial charge in [0.05, 0.1) is 17.9 Å². The zero-order chi connectivity index (χ0) is 22.2. The largest absolute Gasteiger partial charge is 0.496 e. The van der Waals surface area contributed by atoms with Gasteiger partial charge in [-0.1, -0.05) is 54.2 Å². The highest BCUT2D eigenvalue weighted by molar-refractivity contribution is 8.00. The molecule has 0 radical (unpaired) electrons. The van der Waals surface area contributed by atoms with Crippen molar-refractivity contribution in [1.82, 2.24) is 20.1 Å². The first-order chi connectivity index (χ1) is 15.0. The van der Waals surface area contributed by atoms with Gasteiger partial charge in [0.1, 0.15) is 5.75 Å². The predicted octanol–water partition coefficient (Wildman–Crippen LogP) is 4.59. The van der Waals surface area contributed by atoms with E-state index in [2.05, 4.69) is 27.6 Å². The molecule has 2 atom stereocenters. The third kappa shape index (κ3) is 5.88. The maximum Gasteiger partial charge on any atom is 0.233 e.